The quantitative estimate of drug-likeness (QED) is 0.641. The summed E-state index contributed by atoms with van der Waals surface area (Å²) >= 11 is 0. The van der Waals surface area contributed by atoms with Gasteiger partial charge in [0.05, 0.1) is 0 Å². The molecule has 0 spiro atoms. The summed E-state index contributed by atoms with van der Waals surface area (Å²) < 4.78 is 179. The number of halogens is 14. The fraction of sp³-hybridized carbons (Fsp3) is 0.600. The molecule has 1 heterocycles. The van der Waals surface area contributed by atoms with Crippen LogP contribution in [0, 0.1) is 11.3 Å². The zero-order valence-corrected chi connectivity index (χ0v) is 12.1. The molecule has 0 aliphatic heterocycles. The highest BCUT2D eigenvalue weighted by atomic mass is 19.4. The number of nitrogens with zero attached hydrogens (tertiary/aromatic N) is 4. The van der Waals surface area contributed by atoms with Gasteiger partial charge >= 0.3 is 36.0 Å². The van der Waals surface area contributed by atoms with Crippen molar-refractivity contribution in [1.29, 1.82) is 5.26 Å². The molecule has 4 nitrogen and oxygen atoms in total. The normalized spacial score (nSPS) is 14.8. The SMILES string of the molecule is N#Cc1nc(C(F)(C(F)(F)F)C(F)(F)F)nc(C(F)(C(F)(F)F)C(F)(F)F)n1. The molecule has 0 fully saturated rings. The largest absolute Gasteiger partial charge is 0.439 e. The first-order valence-corrected chi connectivity index (χ1v) is 5.96. The third-order valence-corrected chi connectivity index (χ3v) is 2.91. The van der Waals surface area contributed by atoms with Gasteiger partial charge in [0.1, 0.15) is 6.07 Å². The molecule has 0 aromatic carbocycles. The lowest BCUT2D eigenvalue weighted by Crippen LogP contribution is -2.54. The van der Waals surface area contributed by atoms with Crippen LogP contribution in [-0.2, 0) is 11.3 Å². The van der Waals surface area contributed by atoms with Crippen molar-refractivity contribution >= 4 is 0 Å². The summed E-state index contributed by atoms with van der Waals surface area (Å²) in [7, 11) is 0. The lowest BCUT2D eigenvalue weighted by Gasteiger charge is -2.31. The van der Waals surface area contributed by atoms with Crippen LogP contribution in [0.3, 0.4) is 0 Å². The molecule has 0 unspecified atom stereocenters. The molecular weight excluding hydrogens is 442 g/mol. The van der Waals surface area contributed by atoms with Crippen LogP contribution in [0.2, 0.25) is 0 Å². The van der Waals surface area contributed by atoms with Gasteiger partial charge in [-0.2, -0.15) is 67.9 Å². The Labute approximate surface area is 142 Å². The zero-order chi connectivity index (χ0) is 22.6. The Morgan fingerprint density at radius 2 is 0.750 bits per heavy atom. The molecule has 0 atom stereocenters. The second-order valence-electron chi connectivity index (χ2n) is 4.73. The second kappa shape index (κ2) is 6.27. The fourth-order valence-corrected chi connectivity index (χ4v) is 1.56. The van der Waals surface area contributed by atoms with E-state index in [1.165, 1.54) is 4.98 Å². The summed E-state index contributed by atoms with van der Waals surface area (Å²) in [5.41, 5.74) is -13.5. The van der Waals surface area contributed by atoms with Gasteiger partial charge in [-0.25, -0.2) is 13.8 Å². The van der Waals surface area contributed by atoms with Gasteiger partial charge in [0.25, 0.3) is 0 Å². The standard InChI is InChI=1S/C10F14N4/c11-5(7(13,14)15,8(16,17)18)3-26-2(1-25)27-4(28-3)6(12,9(19,20)21)10(22,23)24. The Morgan fingerprint density at radius 1 is 0.500 bits per heavy atom. The molecule has 18 heteroatoms. The van der Waals surface area contributed by atoms with Crippen LogP contribution in [-0.4, -0.2) is 39.7 Å². The van der Waals surface area contributed by atoms with Crippen LogP contribution in [0.5, 0.6) is 0 Å². The maximum Gasteiger partial charge on any atom is 0.439 e. The van der Waals surface area contributed by atoms with Crippen LogP contribution in [0.1, 0.15) is 17.5 Å². The maximum absolute atomic E-state index is 13.8. The molecule has 1 rings (SSSR count). The average Bonchev–Trinajstić information content (AvgIpc) is 2.48. The zero-order valence-electron chi connectivity index (χ0n) is 12.1. The van der Waals surface area contributed by atoms with Crippen molar-refractivity contribution in [2.24, 2.45) is 0 Å². The van der Waals surface area contributed by atoms with Gasteiger partial charge in [-0.3, -0.25) is 0 Å². The maximum atomic E-state index is 13.8. The second-order valence-corrected chi connectivity index (χ2v) is 4.73. The van der Waals surface area contributed by atoms with Crippen molar-refractivity contribution in [2.75, 3.05) is 0 Å². The predicted molar refractivity (Wildman–Crippen MR) is 54.3 cm³/mol. The van der Waals surface area contributed by atoms with Gasteiger partial charge in [0, 0.05) is 0 Å². The van der Waals surface area contributed by atoms with Crippen LogP contribution < -0.4 is 0 Å². The Balaban J connectivity index is 4.05. The number of alkyl halides is 14. The topological polar surface area (TPSA) is 62.5 Å². The van der Waals surface area contributed by atoms with Crippen molar-refractivity contribution in [2.45, 2.75) is 36.0 Å². The van der Waals surface area contributed by atoms with Crippen molar-refractivity contribution in [3.8, 4) is 6.07 Å². The molecule has 0 aliphatic rings. The number of aromatic nitrogens is 3. The van der Waals surface area contributed by atoms with Gasteiger partial charge in [-0.05, 0) is 0 Å². The van der Waals surface area contributed by atoms with E-state index in [-0.39, 0.29) is 0 Å². The molecule has 0 bridgehead atoms. The van der Waals surface area contributed by atoms with Crippen molar-refractivity contribution < 1.29 is 61.5 Å². The van der Waals surface area contributed by atoms with Crippen LogP contribution in [0.4, 0.5) is 61.5 Å². The lowest BCUT2D eigenvalue weighted by atomic mass is 10.0. The van der Waals surface area contributed by atoms with E-state index in [0.717, 1.165) is 0 Å². The minimum absolute atomic E-state index is 0.393. The molecule has 0 radical (unpaired) electrons. The molecule has 1 aromatic rings. The molecule has 0 N–H and O–H groups in total. The molecule has 28 heavy (non-hydrogen) atoms. The van der Waals surface area contributed by atoms with Crippen molar-refractivity contribution in [3.05, 3.63) is 17.5 Å². The number of hydrogen-bond acceptors (Lipinski definition) is 4. The summed E-state index contributed by atoms with van der Waals surface area (Å²) in [5.74, 6) is -9.15. The summed E-state index contributed by atoms with van der Waals surface area (Å²) in [4.78, 5) is 5.36. The summed E-state index contributed by atoms with van der Waals surface area (Å²) in [6.07, 6.45) is -28.3. The highest BCUT2D eigenvalue weighted by Gasteiger charge is 2.78. The number of nitriles is 1. The molecule has 0 saturated carbocycles. The molecule has 0 aliphatic carbocycles. The Morgan fingerprint density at radius 3 is 0.929 bits per heavy atom. The summed E-state index contributed by atoms with van der Waals surface area (Å²) in [6, 6.07) is 0.393. The smallest absolute Gasteiger partial charge is 0.214 e. The van der Waals surface area contributed by atoms with E-state index >= 15 is 0 Å². The third kappa shape index (κ3) is 3.37. The molecule has 0 saturated heterocycles. The Hall–Kier alpha value is -2.48. The van der Waals surface area contributed by atoms with Crippen molar-refractivity contribution in [1.82, 2.24) is 15.0 Å². The molecule has 1 aromatic heterocycles. The Kier molecular flexibility index (Phi) is 5.27. The van der Waals surface area contributed by atoms with Crippen molar-refractivity contribution in [3.63, 3.8) is 0 Å². The highest BCUT2D eigenvalue weighted by molar-refractivity contribution is 5.22. The first-order valence-electron chi connectivity index (χ1n) is 5.96. The van der Waals surface area contributed by atoms with E-state index in [2.05, 4.69) is 0 Å². The first kappa shape index (κ1) is 23.6. The fourth-order valence-electron chi connectivity index (χ4n) is 1.56. The van der Waals surface area contributed by atoms with E-state index in [1.54, 1.807) is 0 Å². The van der Waals surface area contributed by atoms with Gasteiger partial charge in [0.15, 0.2) is 11.6 Å². The monoisotopic (exact) mass is 442 g/mol. The van der Waals surface area contributed by atoms with E-state index in [1.807, 2.05) is 9.97 Å². The van der Waals surface area contributed by atoms with Gasteiger partial charge in [-0.1, -0.05) is 0 Å². The minimum Gasteiger partial charge on any atom is -0.214 e. The summed E-state index contributed by atoms with van der Waals surface area (Å²) in [6.45, 7) is 0. The Bertz CT molecular complexity index is 696. The van der Waals surface area contributed by atoms with E-state index in [0.29, 0.717) is 6.07 Å². The van der Waals surface area contributed by atoms with E-state index in [9.17, 15) is 61.5 Å². The first-order chi connectivity index (χ1) is 12.1. The predicted octanol–water partition coefficient (Wildman–Crippen LogP) is 4.32. The highest BCUT2D eigenvalue weighted by Crippen LogP contribution is 2.54. The van der Waals surface area contributed by atoms with Gasteiger partial charge < -0.3 is 0 Å². The summed E-state index contributed by atoms with van der Waals surface area (Å²) in [5, 5.41) is 8.36. The van der Waals surface area contributed by atoms with E-state index < -0.39 is 53.5 Å². The van der Waals surface area contributed by atoms with E-state index in [4.69, 9.17) is 5.26 Å². The van der Waals surface area contributed by atoms with Crippen LogP contribution >= 0.6 is 0 Å². The average molecular weight is 442 g/mol. The number of hydrogen-bond donors (Lipinski definition) is 0. The van der Waals surface area contributed by atoms with Crippen LogP contribution in [0.25, 0.3) is 0 Å². The van der Waals surface area contributed by atoms with Crippen LogP contribution in [0.15, 0.2) is 0 Å². The lowest BCUT2D eigenvalue weighted by molar-refractivity contribution is -0.354. The van der Waals surface area contributed by atoms with Gasteiger partial charge in [0.2, 0.25) is 5.82 Å². The molecule has 0 amide bonds. The molecule has 158 valence electrons. The molecular formula is C10F14N4. The minimum atomic E-state index is -7.08. The number of rotatable bonds is 2. The third-order valence-electron chi connectivity index (χ3n) is 2.91. The van der Waals surface area contributed by atoms with Gasteiger partial charge in [-0.15, -0.1) is 0 Å².